The molecule has 1 aliphatic heterocycles. The fourth-order valence-corrected chi connectivity index (χ4v) is 3.67. The van der Waals surface area contributed by atoms with Crippen LogP contribution in [-0.2, 0) is 6.54 Å². The Labute approximate surface area is 194 Å². The number of hydrogen-bond acceptors (Lipinski definition) is 8. The first kappa shape index (κ1) is 24.6. The lowest BCUT2D eigenvalue weighted by molar-refractivity contribution is 0.0325. The van der Waals surface area contributed by atoms with Crippen LogP contribution in [0.2, 0.25) is 0 Å². The molecule has 1 amide bonds. The molecular weight excluding hydrogens is 422 g/mol. The topological polar surface area (TPSA) is 112 Å². The maximum absolute atomic E-state index is 13.4. The molecule has 9 nitrogen and oxygen atoms in total. The van der Waals surface area contributed by atoms with E-state index >= 15 is 0 Å². The van der Waals surface area contributed by atoms with Crippen LogP contribution >= 0.6 is 0 Å². The molecule has 0 spiro atoms. The average molecular weight is 454 g/mol. The van der Waals surface area contributed by atoms with Gasteiger partial charge in [-0.25, -0.2) is 15.0 Å². The minimum Gasteiger partial charge on any atom is -0.472 e. The van der Waals surface area contributed by atoms with Crippen LogP contribution in [0, 0.1) is 17.8 Å². The fourth-order valence-electron chi connectivity index (χ4n) is 3.67. The average Bonchev–Trinajstić information content (AvgIpc) is 2.80. The third-order valence-corrected chi connectivity index (χ3v) is 5.50. The van der Waals surface area contributed by atoms with Gasteiger partial charge in [0.25, 0.3) is 5.91 Å². The van der Waals surface area contributed by atoms with Gasteiger partial charge in [-0.05, 0) is 27.0 Å². The first-order valence-electron chi connectivity index (χ1n) is 11.0. The first-order chi connectivity index (χ1) is 15.8. The lowest BCUT2D eigenvalue weighted by Gasteiger charge is -2.37. The lowest BCUT2D eigenvalue weighted by Crippen LogP contribution is -2.49. The molecule has 2 aromatic heterocycles. The van der Waals surface area contributed by atoms with Gasteiger partial charge in [0.1, 0.15) is 24.1 Å². The number of likely N-dealkylation sites (N-methyl/N-ethyl adjacent to an activating group) is 1. The zero-order valence-corrected chi connectivity index (χ0v) is 19.5. The highest BCUT2D eigenvalue weighted by molar-refractivity contribution is 5.97. The highest BCUT2D eigenvalue weighted by Gasteiger charge is 2.34. The lowest BCUT2D eigenvalue weighted by atomic mass is 9.99. The zero-order valence-electron chi connectivity index (χ0n) is 19.5. The summed E-state index contributed by atoms with van der Waals surface area (Å²) in [6.45, 7) is 6.93. The largest absolute Gasteiger partial charge is 0.472 e. The van der Waals surface area contributed by atoms with E-state index in [0.717, 1.165) is 5.56 Å². The van der Waals surface area contributed by atoms with Crippen molar-refractivity contribution in [2.75, 3.05) is 26.7 Å². The predicted molar refractivity (Wildman–Crippen MR) is 122 cm³/mol. The van der Waals surface area contributed by atoms with E-state index in [9.17, 15) is 15.0 Å². The van der Waals surface area contributed by atoms with Gasteiger partial charge in [-0.15, -0.1) is 0 Å². The smallest absolute Gasteiger partial charge is 0.259 e. The molecule has 3 heterocycles. The molecule has 2 aromatic rings. The van der Waals surface area contributed by atoms with Crippen molar-refractivity contribution in [3.05, 3.63) is 47.7 Å². The van der Waals surface area contributed by atoms with Crippen LogP contribution in [0.15, 0.2) is 31.0 Å². The number of fused-ring (bicyclic) bond motifs is 1. The summed E-state index contributed by atoms with van der Waals surface area (Å²) < 4.78 is 6.28. The first-order valence-corrected chi connectivity index (χ1v) is 11.0. The Morgan fingerprint density at radius 1 is 1.30 bits per heavy atom. The van der Waals surface area contributed by atoms with Gasteiger partial charge in [-0.2, -0.15) is 0 Å². The van der Waals surface area contributed by atoms with E-state index in [1.54, 1.807) is 30.3 Å². The summed E-state index contributed by atoms with van der Waals surface area (Å²) in [5.41, 5.74) is 1.79. The molecule has 0 aliphatic carbocycles. The van der Waals surface area contributed by atoms with Crippen molar-refractivity contribution in [2.24, 2.45) is 5.92 Å². The number of carbonyl (C=O) groups excluding carboxylic acids is 1. The second-order valence-corrected chi connectivity index (χ2v) is 8.59. The van der Waals surface area contributed by atoms with E-state index in [4.69, 9.17) is 4.74 Å². The molecule has 1 aliphatic rings. The summed E-state index contributed by atoms with van der Waals surface area (Å²) in [6.07, 6.45) is 5.56. The second kappa shape index (κ2) is 11.2. The van der Waals surface area contributed by atoms with Crippen LogP contribution in [0.1, 0.15) is 42.3 Å². The highest BCUT2D eigenvalue weighted by Crippen LogP contribution is 2.27. The Hall–Kier alpha value is -3.06. The quantitative estimate of drug-likeness (QED) is 0.622. The number of hydrogen-bond donors (Lipinski definition) is 2. The molecule has 176 valence electrons. The van der Waals surface area contributed by atoms with Crippen LogP contribution in [0.4, 0.5) is 0 Å². The van der Waals surface area contributed by atoms with Crippen LogP contribution in [0.3, 0.4) is 0 Å². The SMILES string of the molecule is C[C@H](CO)N1C[C@H](C)[C@H](CN(C)Cc2cncnc2)Oc2ncc(C#C[C@@H](C)O)cc2C1=O. The summed E-state index contributed by atoms with van der Waals surface area (Å²) in [5.74, 6) is 5.46. The monoisotopic (exact) mass is 453 g/mol. The number of aliphatic hydroxyl groups excluding tert-OH is 2. The van der Waals surface area contributed by atoms with Gasteiger partial charge in [0.05, 0.1) is 12.6 Å². The summed E-state index contributed by atoms with van der Waals surface area (Å²) in [7, 11) is 1.99. The Balaban J connectivity index is 1.91. The van der Waals surface area contributed by atoms with Gasteiger partial charge in [0.2, 0.25) is 5.88 Å². The summed E-state index contributed by atoms with van der Waals surface area (Å²) in [5, 5.41) is 19.2. The van der Waals surface area contributed by atoms with Gasteiger partial charge in [0.15, 0.2) is 0 Å². The maximum atomic E-state index is 13.4. The fraction of sp³-hybridized carbons (Fsp3) is 0.500. The number of nitrogens with zero attached hydrogens (tertiary/aromatic N) is 5. The van der Waals surface area contributed by atoms with Crippen LogP contribution < -0.4 is 4.74 Å². The van der Waals surface area contributed by atoms with Crippen molar-refractivity contribution in [1.29, 1.82) is 0 Å². The standard InChI is InChI=1S/C24H31N5O4/c1-16-11-29(17(2)14-30)24(32)21-7-19(6-5-18(3)31)10-27-23(21)33-22(16)13-28(4)12-20-8-25-15-26-9-20/h7-10,15-18,22,30-31H,11-14H2,1-4H3/t16-,17+,18+,22-/m0/s1. The summed E-state index contributed by atoms with van der Waals surface area (Å²) in [4.78, 5) is 29.7. The van der Waals surface area contributed by atoms with Crippen molar-refractivity contribution in [1.82, 2.24) is 24.8 Å². The molecule has 33 heavy (non-hydrogen) atoms. The van der Waals surface area contributed by atoms with Crippen LogP contribution in [0.25, 0.3) is 0 Å². The van der Waals surface area contributed by atoms with Crippen molar-refractivity contribution in [3.8, 4) is 17.7 Å². The Kier molecular flexibility index (Phi) is 8.33. The predicted octanol–water partition coefficient (Wildman–Crippen LogP) is 0.956. The minimum atomic E-state index is -0.791. The number of pyridine rings is 1. The minimum absolute atomic E-state index is 0.0120. The summed E-state index contributed by atoms with van der Waals surface area (Å²) >= 11 is 0. The molecule has 3 rings (SSSR count). The van der Waals surface area contributed by atoms with E-state index < -0.39 is 6.10 Å². The van der Waals surface area contributed by atoms with Crippen LogP contribution in [-0.4, -0.2) is 85.9 Å². The van der Waals surface area contributed by atoms with Gasteiger partial charge in [0, 0.05) is 55.3 Å². The van der Waals surface area contributed by atoms with Crippen molar-refractivity contribution < 1.29 is 19.7 Å². The van der Waals surface area contributed by atoms with Crippen molar-refractivity contribution in [3.63, 3.8) is 0 Å². The van der Waals surface area contributed by atoms with E-state index in [1.807, 2.05) is 20.9 Å². The molecule has 0 saturated carbocycles. The molecule has 2 N–H and O–H groups in total. The van der Waals surface area contributed by atoms with Gasteiger partial charge >= 0.3 is 0 Å². The van der Waals surface area contributed by atoms with Gasteiger partial charge in [-0.1, -0.05) is 18.8 Å². The highest BCUT2D eigenvalue weighted by atomic mass is 16.5. The molecule has 0 saturated heterocycles. The molecular formula is C24H31N5O4. The Morgan fingerprint density at radius 3 is 2.70 bits per heavy atom. The van der Waals surface area contributed by atoms with E-state index in [1.165, 1.54) is 12.5 Å². The van der Waals surface area contributed by atoms with E-state index in [2.05, 4.69) is 31.7 Å². The number of aliphatic hydroxyl groups is 2. The van der Waals surface area contributed by atoms with E-state index in [-0.39, 0.29) is 36.5 Å². The summed E-state index contributed by atoms with van der Waals surface area (Å²) in [6, 6.07) is 1.27. The van der Waals surface area contributed by atoms with E-state index in [0.29, 0.717) is 30.8 Å². The number of amides is 1. The zero-order chi connectivity index (χ0) is 24.0. The molecule has 0 radical (unpaired) electrons. The molecule has 0 unspecified atom stereocenters. The number of carbonyl (C=O) groups is 1. The number of rotatable bonds is 6. The maximum Gasteiger partial charge on any atom is 0.259 e. The molecule has 9 heteroatoms. The Bertz CT molecular complexity index is 1000. The third kappa shape index (κ3) is 6.48. The van der Waals surface area contributed by atoms with Gasteiger partial charge in [-0.3, -0.25) is 9.69 Å². The second-order valence-electron chi connectivity index (χ2n) is 8.59. The van der Waals surface area contributed by atoms with Gasteiger partial charge < -0.3 is 19.8 Å². The molecule has 0 fully saturated rings. The molecule has 4 atom stereocenters. The third-order valence-electron chi connectivity index (χ3n) is 5.50. The number of ether oxygens (including phenoxy) is 1. The molecule has 0 aromatic carbocycles. The van der Waals surface area contributed by atoms with Crippen molar-refractivity contribution >= 4 is 5.91 Å². The Morgan fingerprint density at radius 2 is 2.03 bits per heavy atom. The van der Waals surface area contributed by atoms with Crippen molar-refractivity contribution in [2.45, 2.75) is 45.6 Å². The van der Waals surface area contributed by atoms with Crippen LogP contribution in [0.5, 0.6) is 5.88 Å². The molecule has 0 bridgehead atoms. The number of aromatic nitrogens is 3. The normalized spacial score (nSPS) is 20.1.